The summed E-state index contributed by atoms with van der Waals surface area (Å²) in [6.45, 7) is 1.78. The highest BCUT2D eigenvalue weighted by Gasteiger charge is 2.33. The van der Waals surface area contributed by atoms with E-state index in [1.807, 2.05) is 30.3 Å². The zero-order chi connectivity index (χ0) is 30.6. The van der Waals surface area contributed by atoms with Crippen LogP contribution >= 0.6 is 0 Å². The molecular weight excluding hydrogens is 540 g/mol. The first-order valence-electron chi connectivity index (χ1n) is 14.0. The van der Waals surface area contributed by atoms with E-state index in [9.17, 15) is 29.4 Å². The van der Waals surface area contributed by atoms with Gasteiger partial charge in [-0.25, -0.2) is 4.79 Å². The number of aliphatic hydroxyl groups is 1. The normalized spacial score (nSPS) is 14.8. The van der Waals surface area contributed by atoms with Crippen LogP contribution in [0.1, 0.15) is 37.3 Å². The third kappa shape index (κ3) is 9.13. The number of benzene rings is 2. The van der Waals surface area contributed by atoms with Crippen LogP contribution in [-0.2, 0) is 32.0 Å². The SMILES string of the molecule is CC(O)C(NC(=O)C(Cc1ccccc1)NC(=O)C(N)CCCCN)C(=O)NC(Cc1c[nH]c2ccccc12)C(=O)O. The molecule has 0 aliphatic carbocycles. The van der Waals surface area contributed by atoms with E-state index in [4.69, 9.17) is 11.5 Å². The molecule has 0 aliphatic heterocycles. The monoisotopic (exact) mass is 580 g/mol. The Hall–Kier alpha value is -4.26. The summed E-state index contributed by atoms with van der Waals surface area (Å²) in [5.41, 5.74) is 13.8. The number of fused-ring (bicyclic) bond motifs is 1. The summed E-state index contributed by atoms with van der Waals surface area (Å²) in [5, 5.41) is 28.6. The van der Waals surface area contributed by atoms with E-state index in [1.165, 1.54) is 6.92 Å². The van der Waals surface area contributed by atoms with Crippen LogP contribution in [0.5, 0.6) is 0 Å². The fourth-order valence-electron chi connectivity index (χ4n) is 4.62. The summed E-state index contributed by atoms with van der Waals surface area (Å²) in [6, 6.07) is 11.5. The maximum absolute atomic E-state index is 13.4. The number of H-pyrrole nitrogens is 1. The highest BCUT2D eigenvalue weighted by Crippen LogP contribution is 2.19. The maximum atomic E-state index is 13.4. The van der Waals surface area contributed by atoms with Crippen molar-refractivity contribution in [2.45, 2.75) is 69.3 Å². The summed E-state index contributed by atoms with van der Waals surface area (Å²) in [4.78, 5) is 54.6. The maximum Gasteiger partial charge on any atom is 0.326 e. The number of hydrogen-bond donors (Lipinski definition) is 8. The van der Waals surface area contributed by atoms with Crippen LogP contribution in [0.3, 0.4) is 0 Å². The molecule has 12 heteroatoms. The molecule has 5 atom stereocenters. The third-order valence-corrected chi connectivity index (χ3v) is 7.00. The van der Waals surface area contributed by atoms with E-state index in [1.54, 1.807) is 30.5 Å². The molecule has 226 valence electrons. The number of nitrogens with two attached hydrogens (primary N) is 2. The number of aliphatic carboxylic acids is 1. The van der Waals surface area contributed by atoms with Gasteiger partial charge >= 0.3 is 5.97 Å². The average molecular weight is 581 g/mol. The van der Waals surface area contributed by atoms with Crippen LogP contribution in [-0.4, -0.2) is 75.7 Å². The van der Waals surface area contributed by atoms with Crippen molar-refractivity contribution in [3.63, 3.8) is 0 Å². The molecule has 1 aromatic heterocycles. The number of unbranched alkanes of at least 4 members (excludes halogenated alkanes) is 1. The summed E-state index contributed by atoms with van der Waals surface area (Å²) < 4.78 is 0. The molecule has 1 heterocycles. The predicted molar refractivity (Wildman–Crippen MR) is 158 cm³/mol. The average Bonchev–Trinajstić information content (AvgIpc) is 3.38. The van der Waals surface area contributed by atoms with Crippen LogP contribution in [0.25, 0.3) is 10.9 Å². The van der Waals surface area contributed by atoms with Gasteiger partial charge in [0, 0.05) is 29.9 Å². The lowest BCUT2D eigenvalue weighted by Crippen LogP contribution is -2.60. The van der Waals surface area contributed by atoms with E-state index in [2.05, 4.69) is 20.9 Å². The number of rotatable bonds is 16. The van der Waals surface area contributed by atoms with Gasteiger partial charge in [0.1, 0.15) is 18.1 Å². The van der Waals surface area contributed by atoms with Crippen molar-refractivity contribution in [3.05, 3.63) is 71.9 Å². The second kappa shape index (κ2) is 15.7. The summed E-state index contributed by atoms with van der Waals surface area (Å²) in [5.74, 6) is -3.42. The predicted octanol–water partition coefficient (Wildman–Crippen LogP) is 0.329. The van der Waals surface area contributed by atoms with Crippen molar-refractivity contribution in [3.8, 4) is 0 Å². The standard InChI is InChI=1S/C30H40N6O6/c1-18(37)26(29(40)35-25(30(41)42)16-20-17-33-23-13-6-5-11-21(20)23)36-28(39)24(15-19-9-3-2-4-10-19)34-27(38)22(32)12-7-8-14-31/h2-6,9-11,13,17-18,22,24-26,33,37H,7-8,12,14-16,31-32H2,1H3,(H,34,38)(H,35,40)(H,36,39)(H,41,42). The van der Waals surface area contributed by atoms with Gasteiger partial charge in [-0.1, -0.05) is 55.0 Å². The Morgan fingerprint density at radius 3 is 2.19 bits per heavy atom. The molecule has 0 bridgehead atoms. The van der Waals surface area contributed by atoms with Gasteiger partial charge in [-0.2, -0.15) is 0 Å². The Morgan fingerprint density at radius 2 is 1.52 bits per heavy atom. The lowest BCUT2D eigenvalue weighted by atomic mass is 10.0. The number of aliphatic hydroxyl groups excluding tert-OH is 1. The summed E-state index contributed by atoms with van der Waals surface area (Å²) >= 11 is 0. The van der Waals surface area contributed by atoms with Gasteiger partial charge in [0.2, 0.25) is 17.7 Å². The number of carboxylic acids is 1. The fraction of sp³-hybridized carbons (Fsp3) is 0.400. The Morgan fingerprint density at radius 1 is 0.857 bits per heavy atom. The molecule has 0 radical (unpaired) electrons. The zero-order valence-electron chi connectivity index (χ0n) is 23.6. The van der Waals surface area contributed by atoms with Gasteiger partial charge in [-0.3, -0.25) is 14.4 Å². The number of aromatic nitrogens is 1. The number of carboxylic acid groups (broad SMARTS) is 1. The van der Waals surface area contributed by atoms with Gasteiger partial charge in [0.25, 0.3) is 0 Å². The van der Waals surface area contributed by atoms with Crippen LogP contribution in [0.15, 0.2) is 60.8 Å². The largest absolute Gasteiger partial charge is 0.480 e. The molecule has 0 fully saturated rings. The molecule has 3 rings (SSSR count). The quantitative estimate of drug-likeness (QED) is 0.110. The van der Waals surface area contributed by atoms with Crippen molar-refractivity contribution in [1.29, 1.82) is 0 Å². The Labute approximate surface area is 244 Å². The van der Waals surface area contributed by atoms with Gasteiger partial charge < -0.3 is 42.6 Å². The highest BCUT2D eigenvalue weighted by atomic mass is 16.4. The van der Waals surface area contributed by atoms with Crippen molar-refractivity contribution >= 4 is 34.6 Å². The van der Waals surface area contributed by atoms with Crippen LogP contribution in [0, 0.1) is 0 Å². The molecule has 0 saturated heterocycles. The van der Waals surface area contributed by atoms with Crippen LogP contribution in [0.2, 0.25) is 0 Å². The minimum Gasteiger partial charge on any atom is -0.480 e. The molecule has 3 amide bonds. The Balaban J connectivity index is 1.73. The van der Waals surface area contributed by atoms with Gasteiger partial charge in [-0.05, 0) is 43.5 Å². The Bertz CT molecular complexity index is 1340. The van der Waals surface area contributed by atoms with E-state index >= 15 is 0 Å². The molecule has 42 heavy (non-hydrogen) atoms. The molecule has 3 aromatic rings. The Kier molecular flexibility index (Phi) is 12.0. The number of amides is 3. The molecule has 0 aliphatic rings. The minimum atomic E-state index is -1.49. The van der Waals surface area contributed by atoms with E-state index in [0.29, 0.717) is 31.4 Å². The number of aromatic amines is 1. The smallest absolute Gasteiger partial charge is 0.326 e. The van der Waals surface area contributed by atoms with Gasteiger partial charge in [0.15, 0.2) is 0 Å². The number of nitrogens with one attached hydrogen (secondary N) is 4. The fourth-order valence-corrected chi connectivity index (χ4v) is 4.62. The molecule has 0 saturated carbocycles. The second-order valence-electron chi connectivity index (χ2n) is 10.3. The second-order valence-corrected chi connectivity index (χ2v) is 10.3. The number of carbonyl (C=O) groups excluding carboxylic acids is 3. The van der Waals surface area contributed by atoms with Crippen molar-refractivity contribution in [1.82, 2.24) is 20.9 Å². The highest BCUT2D eigenvalue weighted by molar-refractivity contribution is 5.94. The van der Waals surface area contributed by atoms with Crippen molar-refractivity contribution < 1.29 is 29.4 Å². The minimum absolute atomic E-state index is 0.0275. The van der Waals surface area contributed by atoms with Crippen LogP contribution in [0.4, 0.5) is 0 Å². The molecule has 0 spiro atoms. The zero-order valence-corrected chi connectivity index (χ0v) is 23.6. The molecular formula is C30H40N6O6. The van der Waals surface area contributed by atoms with E-state index in [0.717, 1.165) is 16.5 Å². The van der Waals surface area contributed by atoms with E-state index in [-0.39, 0.29) is 12.8 Å². The molecule has 10 N–H and O–H groups in total. The summed E-state index contributed by atoms with van der Waals surface area (Å²) in [7, 11) is 0. The van der Waals surface area contributed by atoms with Gasteiger partial charge in [-0.15, -0.1) is 0 Å². The van der Waals surface area contributed by atoms with Crippen molar-refractivity contribution in [2.24, 2.45) is 11.5 Å². The first kappa shape index (κ1) is 32.3. The van der Waals surface area contributed by atoms with Crippen LogP contribution < -0.4 is 27.4 Å². The molecule has 12 nitrogen and oxygen atoms in total. The number of para-hydroxylation sites is 1. The number of hydrogen-bond acceptors (Lipinski definition) is 7. The number of carbonyl (C=O) groups is 4. The lowest BCUT2D eigenvalue weighted by Gasteiger charge is -2.26. The van der Waals surface area contributed by atoms with Crippen molar-refractivity contribution in [2.75, 3.05) is 6.54 Å². The molecule has 5 unspecified atom stereocenters. The lowest BCUT2D eigenvalue weighted by molar-refractivity contribution is -0.143. The first-order chi connectivity index (χ1) is 20.1. The molecule has 2 aromatic carbocycles. The van der Waals surface area contributed by atoms with Gasteiger partial charge in [0.05, 0.1) is 12.1 Å². The summed E-state index contributed by atoms with van der Waals surface area (Å²) in [6.07, 6.45) is 2.11. The third-order valence-electron chi connectivity index (χ3n) is 7.00. The van der Waals surface area contributed by atoms with E-state index < -0.39 is 54.0 Å². The first-order valence-corrected chi connectivity index (χ1v) is 14.0. The topological polar surface area (TPSA) is 213 Å².